The normalized spacial score (nSPS) is 12.2. The first-order valence-corrected chi connectivity index (χ1v) is 8.84. The summed E-state index contributed by atoms with van der Waals surface area (Å²) >= 11 is 0. The molecule has 1 unspecified atom stereocenters. The third-order valence-corrected chi connectivity index (χ3v) is 4.79. The molecule has 0 fully saturated rings. The second-order valence-electron chi connectivity index (χ2n) is 6.57. The lowest BCUT2D eigenvalue weighted by Crippen LogP contribution is -2.27. The third kappa shape index (κ3) is 3.69. The van der Waals surface area contributed by atoms with Gasteiger partial charge < -0.3 is 5.32 Å². The molecule has 26 heavy (non-hydrogen) atoms. The van der Waals surface area contributed by atoms with E-state index in [1.165, 1.54) is 0 Å². The molecule has 6 heteroatoms. The molecule has 0 bridgehead atoms. The average Bonchev–Trinajstić information content (AvgIpc) is 3.23. The SMILES string of the molecule is Cc1nn(C)c(C)c1CCC(=O)NC(C)c1ccccc1-n1cccn1. The highest BCUT2D eigenvalue weighted by Crippen LogP contribution is 2.21. The van der Waals surface area contributed by atoms with Crippen LogP contribution in [0.25, 0.3) is 5.69 Å². The zero-order valence-corrected chi connectivity index (χ0v) is 15.7. The van der Waals surface area contributed by atoms with Gasteiger partial charge in [-0.2, -0.15) is 10.2 Å². The Morgan fingerprint density at radius 2 is 2.00 bits per heavy atom. The van der Waals surface area contributed by atoms with Crippen LogP contribution in [0, 0.1) is 13.8 Å². The predicted molar refractivity (Wildman–Crippen MR) is 101 cm³/mol. The number of rotatable bonds is 6. The molecule has 2 heterocycles. The van der Waals surface area contributed by atoms with Crippen molar-refractivity contribution in [3.63, 3.8) is 0 Å². The summed E-state index contributed by atoms with van der Waals surface area (Å²) in [7, 11) is 1.93. The Labute approximate surface area is 153 Å². The molecule has 0 aliphatic rings. The fourth-order valence-electron chi connectivity index (χ4n) is 3.28. The lowest BCUT2D eigenvalue weighted by molar-refractivity contribution is -0.121. The van der Waals surface area contributed by atoms with Gasteiger partial charge >= 0.3 is 0 Å². The summed E-state index contributed by atoms with van der Waals surface area (Å²) in [6.45, 7) is 6.03. The van der Waals surface area contributed by atoms with Crippen molar-refractivity contribution in [1.82, 2.24) is 24.9 Å². The largest absolute Gasteiger partial charge is 0.349 e. The van der Waals surface area contributed by atoms with Crippen molar-refractivity contribution in [3.8, 4) is 5.69 Å². The molecule has 0 saturated heterocycles. The molecular formula is C20H25N5O. The van der Waals surface area contributed by atoms with Crippen molar-refractivity contribution in [2.45, 2.75) is 39.7 Å². The van der Waals surface area contributed by atoms with Gasteiger partial charge in [-0.05, 0) is 50.5 Å². The van der Waals surface area contributed by atoms with E-state index < -0.39 is 0 Å². The number of nitrogens with one attached hydrogen (secondary N) is 1. The number of amides is 1. The van der Waals surface area contributed by atoms with E-state index in [9.17, 15) is 4.79 Å². The maximum Gasteiger partial charge on any atom is 0.220 e. The van der Waals surface area contributed by atoms with Gasteiger partial charge in [-0.25, -0.2) is 4.68 Å². The van der Waals surface area contributed by atoms with Crippen LogP contribution in [-0.4, -0.2) is 25.5 Å². The van der Waals surface area contributed by atoms with Crippen molar-refractivity contribution < 1.29 is 4.79 Å². The van der Waals surface area contributed by atoms with Gasteiger partial charge in [-0.1, -0.05) is 18.2 Å². The number of carbonyl (C=O) groups is 1. The minimum absolute atomic E-state index is 0.0374. The van der Waals surface area contributed by atoms with Crippen LogP contribution in [0.4, 0.5) is 0 Å². The quantitative estimate of drug-likeness (QED) is 0.742. The molecule has 0 radical (unpaired) electrons. The van der Waals surface area contributed by atoms with Crippen LogP contribution >= 0.6 is 0 Å². The van der Waals surface area contributed by atoms with Crippen molar-refractivity contribution in [1.29, 1.82) is 0 Å². The minimum atomic E-state index is -0.0982. The molecule has 0 aliphatic heterocycles. The Morgan fingerprint density at radius 3 is 2.65 bits per heavy atom. The van der Waals surface area contributed by atoms with E-state index in [2.05, 4.69) is 15.5 Å². The second kappa shape index (κ2) is 7.56. The van der Waals surface area contributed by atoms with E-state index in [1.54, 1.807) is 6.20 Å². The molecule has 0 spiro atoms. The van der Waals surface area contributed by atoms with Crippen molar-refractivity contribution in [2.75, 3.05) is 0 Å². The van der Waals surface area contributed by atoms with Crippen LogP contribution in [0.5, 0.6) is 0 Å². The van der Waals surface area contributed by atoms with Gasteiger partial charge in [-0.3, -0.25) is 9.48 Å². The van der Waals surface area contributed by atoms with Gasteiger partial charge in [0.15, 0.2) is 0 Å². The van der Waals surface area contributed by atoms with Crippen molar-refractivity contribution in [3.05, 3.63) is 65.2 Å². The summed E-state index contributed by atoms with van der Waals surface area (Å²) < 4.78 is 3.69. The third-order valence-electron chi connectivity index (χ3n) is 4.79. The summed E-state index contributed by atoms with van der Waals surface area (Å²) in [5.41, 5.74) is 5.29. The molecule has 6 nitrogen and oxygen atoms in total. The smallest absolute Gasteiger partial charge is 0.220 e. The number of para-hydroxylation sites is 1. The number of aromatic nitrogens is 4. The molecule has 136 valence electrons. The molecule has 1 aromatic carbocycles. The number of benzene rings is 1. The maximum atomic E-state index is 12.5. The number of hydrogen-bond donors (Lipinski definition) is 1. The Bertz CT molecular complexity index is 895. The summed E-state index contributed by atoms with van der Waals surface area (Å²) in [5.74, 6) is 0.0374. The summed E-state index contributed by atoms with van der Waals surface area (Å²) in [6, 6.07) is 9.78. The average molecular weight is 351 g/mol. The molecule has 0 saturated carbocycles. The van der Waals surface area contributed by atoms with Crippen molar-refractivity contribution >= 4 is 5.91 Å². The van der Waals surface area contributed by atoms with E-state index >= 15 is 0 Å². The van der Waals surface area contributed by atoms with Gasteiger partial charge in [0.25, 0.3) is 0 Å². The van der Waals surface area contributed by atoms with E-state index in [4.69, 9.17) is 0 Å². The van der Waals surface area contributed by atoms with Gasteiger partial charge in [0.05, 0.1) is 17.4 Å². The highest BCUT2D eigenvalue weighted by atomic mass is 16.1. The highest BCUT2D eigenvalue weighted by Gasteiger charge is 2.16. The minimum Gasteiger partial charge on any atom is -0.349 e. The van der Waals surface area contributed by atoms with Crippen LogP contribution in [0.15, 0.2) is 42.7 Å². The Hall–Kier alpha value is -2.89. The molecule has 3 aromatic rings. The number of carbonyl (C=O) groups excluding carboxylic acids is 1. The first-order chi connectivity index (χ1) is 12.5. The van der Waals surface area contributed by atoms with Gasteiger partial charge in [0, 0.05) is 31.6 Å². The summed E-state index contributed by atoms with van der Waals surface area (Å²) in [4.78, 5) is 12.5. The number of aryl methyl sites for hydroxylation is 2. The second-order valence-corrected chi connectivity index (χ2v) is 6.57. The van der Waals surface area contributed by atoms with Crippen LogP contribution in [-0.2, 0) is 18.3 Å². The molecule has 0 aliphatic carbocycles. The molecular weight excluding hydrogens is 326 g/mol. The molecule has 3 rings (SSSR count). The Balaban J connectivity index is 1.67. The first-order valence-electron chi connectivity index (χ1n) is 8.84. The van der Waals surface area contributed by atoms with Crippen LogP contribution < -0.4 is 5.32 Å². The molecule has 1 amide bonds. The number of hydrogen-bond acceptors (Lipinski definition) is 3. The maximum absolute atomic E-state index is 12.5. The van der Waals surface area contributed by atoms with Crippen LogP contribution in [0.3, 0.4) is 0 Å². The van der Waals surface area contributed by atoms with Gasteiger partial charge in [-0.15, -0.1) is 0 Å². The monoisotopic (exact) mass is 351 g/mol. The van der Waals surface area contributed by atoms with E-state index in [-0.39, 0.29) is 11.9 Å². The fourth-order valence-corrected chi connectivity index (χ4v) is 3.28. The molecule has 1 atom stereocenters. The first kappa shape index (κ1) is 17.9. The van der Waals surface area contributed by atoms with E-state index in [0.29, 0.717) is 12.8 Å². The lowest BCUT2D eigenvalue weighted by Gasteiger charge is -2.18. The van der Waals surface area contributed by atoms with Gasteiger partial charge in [0.1, 0.15) is 0 Å². The number of nitrogens with zero attached hydrogens (tertiary/aromatic N) is 4. The highest BCUT2D eigenvalue weighted by molar-refractivity contribution is 5.77. The topological polar surface area (TPSA) is 64.7 Å². The lowest BCUT2D eigenvalue weighted by atomic mass is 10.0. The van der Waals surface area contributed by atoms with Gasteiger partial charge in [0.2, 0.25) is 5.91 Å². The van der Waals surface area contributed by atoms with Crippen LogP contribution in [0.1, 0.15) is 41.9 Å². The standard InChI is InChI=1S/C20H25N5O/c1-14(18-8-5-6-9-19(18)25-13-7-12-21-25)22-20(26)11-10-17-15(2)23-24(4)16(17)3/h5-9,12-14H,10-11H2,1-4H3,(H,22,26). The van der Waals surface area contributed by atoms with E-state index in [0.717, 1.165) is 28.2 Å². The molecule has 2 aromatic heterocycles. The Kier molecular flexibility index (Phi) is 5.21. The summed E-state index contributed by atoms with van der Waals surface area (Å²) in [5, 5.41) is 11.8. The predicted octanol–water partition coefficient (Wildman–Crippen LogP) is 3.03. The fraction of sp³-hybridized carbons (Fsp3) is 0.350. The molecule has 1 N–H and O–H groups in total. The van der Waals surface area contributed by atoms with Crippen molar-refractivity contribution in [2.24, 2.45) is 7.05 Å². The zero-order chi connectivity index (χ0) is 18.7. The Morgan fingerprint density at radius 1 is 1.23 bits per heavy atom. The zero-order valence-electron chi connectivity index (χ0n) is 15.7. The summed E-state index contributed by atoms with van der Waals surface area (Å²) in [6.07, 6.45) is 4.80. The van der Waals surface area contributed by atoms with E-state index in [1.807, 2.05) is 73.7 Å². The van der Waals surface area contributed by atoms with Crippen LogP contribution in [0.2, 0.25) is 0 Å².